The number of ether oxygens (including phenoxy) is 1. The zero-order chi connectivity index (χ0) is 11.9. The van der Waals surface area contributed by atoms with E-state index >= 15 is 0 Å². The van der Waals surface area contributed by atoms with Crippen molar-refractivity contribution in [3.05, 3.63) is 30.3 Å². The third kappa shape index (κ3) is 2.10. The number of hydrogen-bond donors (Lipinski definition) is 1. The van der Waals surface area contributed by atoms with Crippen molar-refractivity contribution in [2.24, 2.45) is 0 Å². The number of nitrogens with one attached hydrogen (secondary N) is 1. The summed E-state index contributed by atoms with van der Waals surface area (Å²) in [6, 6.07) is 8.42. The maximum absolute atomic E-state index is 12.1. The molecule has 2 aliphatic heterocycles. The molecule has 17 heavy (non-hydrogen) atoms. The molecule has 1 aromatic rings. The van der Waals surface area contributed by atoms with Gasteiger partial charge in [0.05, 0.1) is 23.1 Å². The summed E-state index contributed by atoms with van der Waals surface area (Å²) in [5, 5.41) is 0. The first-order chi connectivity index (χ1) is 8.15. The lowest BCUT2D eigenvalue weighted by Crippen LogP contribution is -2.41. The molecule has 3 unspecified atom stereocenters. The molecule has 2 heterocycles. The monoisotopic (exact) mass is 253 g/mol. The van der Waals surface area contributed by atoms with Crippen LogP contribution in [-0.2, 0) is 14.8 Å². The van der Waals surface area contributed by atoms with E-state index in [1.165, 1.54) is 0 Å². The van der Waals surface area contributed by atoms with E-state index in [-0.39, 0.29) is 18.2 Å². The van der Waals surface area contributed by atoms with Gasteiger partial charge in [-0.05, 0) is 31.4 Å². The third-order valence-corrected chi connectivity index (χ3v) is 4.97. The van der Waals surface area contributed by atoms with Crippen molar-refractivity contribution in [1.82, 2.24) is 4.72 Å². The van der Waals surface area contributed by atoms with Crippen molar-refractivity contribution in [3.8, 4) is 0 Å². The Morgan fingerprint density at radius 2 is 1.94 bits per heavy atom. The summed E-state index contributed by atoms with van der Waals surface area (Å²) in [5.41, 5.74) is 0. The topological polar surface area (TPSA) is 55.4 Å². The summed E-state index contributed by atoms with van der Waals surface area (Å²) in [4.78, 5) is 0.322. The van der Waals surface area contributed by atoms with Crippen LogP contribution in [0.1, 0.15) is 19.3 Å². The summed E-state index contributed by atoms with van der Waals surface area (Å²) < 4.78 is 32.6. The largest absolute Gasteiger partial charge is 0.373 e. The number of benzene rings is 1. The minimum atomic E-state index is -3.40. The van der Waals surface area contributed by atoms with Crippen LogP contribution in [0.3, 0.4) is 0 Å². The number of sulfonamides is 1. The Balaban J connectivity index is 1.77. The Labute approximate surface area is 101 Å². The van der Waals surface area contributed by atoms with Gasteiger partial charge >= 0.3 is 0 Å². The standard InChI is InChI=1S/C12H15NO3S/c14-17(15,10-4-2-1-3-5-10)13-11-8-9-6-7-12(11)16-9/h1-5,9,11-13H,6-8H2. The highest BCUT2D eigenvalue weighted by atomic mass is 32.2. The lowest BCUT2D eigenvalue weighted by atomic mass is 9.96. The zero-order valence-electron chi connectivity index (χ0n) is 9.37. The fraction of sp³-hybridized carbons (Fsp3) is 0.500. The molecular formula is C12H15NO3S. The van der Waals surface area contributed by atoms with E-state index in [1.807, 2.05) is 0 Å². The molecule has 1 aromatic carbocycles. The summed E-state index contributed by atoms with van der Waals surface area (Å²) in [7, 11) is -3.40. The first-order valence-electron chi connectivity index (χ1n) is 5.88. The van der Waals surface area contributed by atoms with Crippen molar-refractivity contribution in [2.75, 3.05) is 0 Å². The van der Waals surface area contributed by atoms with Gasteiger partial charge in [0.2, 0.25) is 10.0 Å². The van der Waals surface area contributed by atoms with Gasteiger partial charge < -0.3 is 4.74 Å². The van der Waals surface area contributed by atoms with Crippen LogP contribution in [0.15, 0.2) is 35.2 Å². The van der Waals surface area contributed by atoms with Gasteiger partial charge in [0, 0.05) is 0 Å². The molecule has 2 saturated heterocycles. The van der Waals surface area contributed by atoms with E-state index < -0.39 is 10.0 Å². The van der Waals surface area contributed by atoms with Gasteiger partial charge in [-0.2, -0.15) is 0 Å². The SMILES string of the molecule is O=S(=O)(NC1CC2CCC1O2)c1ccccc1. The van der Waals surface area contributed by atoms with Crippen molar-refractivity contribution in [3.63, 3.8) is 0 Å². The van der Waals surface area contributed by atoms with Crippen molar-refractivity contribution >= 4 is 10.0 Å². The Hall–Kier alpha value is -0.910. The Kier molecular flexibility index (Phi) is 2.69. The number of hydrogen-bond acceptors (Lipinski definition) is 3. The van der Waals surface area contributed by atoms with E-state index in [0.717, 1.165) is 19.3 Å². The van der Waals surface area contributed by atoms with E-state index in [4.69, 9.17) is 4.74 Å². The Morgan fingerprint density at radius 1 is 1.18 bits per heavy atom. The number of fused-ring (bicyclic) bond motifs is 2. The third-order valence-electron chi connectivity index (χ3n) is 3.47. The second-order valence-electron chi connectivity index (χ2n) is 4.65. The molecule has 0 aliphatic carbocycles. The second kappa shape index (κ2) is 4.08. The van der Waals surface area contributed by atoms with E-state index in [0.29, 0.717) is 4.90 Å². The molecule has 2 bridgehead atoms. The quantitative estimate of drug-likeness (QED) is 0.883. The lowest BCUT2D eigenvalue weighted by molar-refractivity contribution is 0.0996. The maximum Gasteiger partial charge on any atom is 0.240 e. The molecule has 4 nitrogen and oxygen atoms in total. The van der Waals surface area contributed by atoms with E-state index in [1.54, 1.807) is 30.3 Å². The molecule has 3 atom stereocenters. The van der Waals surface area contributed by atoms with Crippen LogP contribution >= 0.6 is 0 Å². The molecular weight excluding hydrogens is 238 g/mol. The smallest absolute Gasteiger partial charge is 0.240 e. The first-order valence-corrected chi connectivity index (χ1v) is 7.36. The fourth-order valence-corrected chi connectivity index (χ4v) is 3.93. The van der Waals surface area contributed by atoms with Crippen LogP contribution in [0.5, 0.6) is 0 Å². The first kappa shape index (κ1) is 11.2. The maximum atomic E-state index is 12.1. The van der Waals surface area contributed by atoms with Crippen molar-refractivity contribution < 1.29 is 13.2 Å². The van der Waals surface area contributed by atoms with Gasteiger partial charge in [-0.1, -0.05) is 18.2 Å². The predicted molar refractivity (Wildman–Crippen MR) is 63.1 cm³/mol. The van der Waals surface area contributed by atoms with Gasteiger partial charge in [-0.15, -0.1) is 0 Å². The molecule has 0 aromatic heterocycles. The minimum absolute atomic E-state index is 0.0565. The van der Waals surface area contributed by atoms with Crippen LogP contribution in [0.25, 0.3) is 0 Å². The van der Waals surface area contributed by atoms with Gasteiger partial charge in [0.1, 0.15) is 0 Å². The predicted octanol–water partition coefficient (Wildman–Crippen LogP) is 1.28. The summed E-state index contributed by atoms with van der Waals surface area (Å²) in [6.07, 6.45) is 3.15. The summed E-state index contributed by atoms with van der Waals surface area (Å²) in [6.45, 7) is 0. The van der Waals surface area contributed by atoms with Crippen LogP contribution in [0.2, 0.25) is 0 Å². The van der Waals surface area contributed by atoms with E-state index in [2.05, 4.69) is 4.72 Å². The molecule has 2 aliphatic rings. The highest BCUT2D eigenvalue weighted by Crippen LogP contribution is 2.34. The fourth-order valence-electron chi connectivity index (χ4n) is 2.63. The van der Waals surface area contributed by atoms with Crippen LogP contribution in [0.4, 0.5) is 0 Å². The van der Waals surface area contributed by atoms with Crippen LogP contribution in [-0.4, -0.2) is 26.7 Å². The highest BCUT2D eigenvalue weighted by Gasteiger charge is 2.42. The van der Waals surface area contributed by atoms with Gasteiger partial charge in [0.15, 0.2) is 0 Å². The molecule has 0 amide bonds. The molecule has 92 valence electrons. The normalized spacial score (nSPS) is 31.9. The van der Waals surface area contributed by atoms with Gasteiger partial charge in [-0.3, -0.25) is 0 Å². The van der Waals surface area contributed by atoms with Crippen LogP contribution < -0.4 is 4.72 Å². The zero-order valence-corrected chi connectivity index (χ0v) is 10.2. The van der Waals surface area contributed by atoms with Crippen LogP contribution in [0, 0.1) is 0 Å². The second-order valence-corrected chi connectivity index (χ2v) is 6.36. The van der Waals surface area contributed by atoms with Crippen molar-refractivity contribution in [2.45, 2.75) is 42.4 Å². The van der Waals surface area contributed by atoms with E-state index in [9.17, 15) is 8.42 Å². The van der Waals surface area contributed by atoms with Gasteiger partial charge in [0.25, 0.3) is 0 Å². The highest BCUT2D eigenvalue weighted by molar-refractivity contribution is 7.89. The lowest BCUT2D eigenvalue weighted by Gasteiger charge is -2.19. The molecule has 2 fully saturated rings. The van der Waals surface area contributed by atoms with Gasteiger partial charge in [-0.25, -0.2) is 13.1 Å². The molecule has 5 heteroatoms. The van der Waals surface area contributed by atoms with Crippen molar-refractivity contribution in [1.29, 1.82) is 0 Å². The minimum Gasteiger partial charge on any atom is -0.373 e. The molecule has 0 radical (unpaired) electrons. The molecule has 0 saturated carbocycles. The Morgan fingerprint density at radius 3 is 2.53 bits per heavy atom. The number of rotatable bonds is 3. The molecule has 3 rings (SSSR count). The average molecular weight is 253 g/mol. The summed E-state index contributed by atoms with van der Waals surface area (Å²) >= 11 is 0. The average Bonchev–Trinajstić information content (AvgIpc) is 2.91. The molecule has 1 N–H and O–H groups in total. The Bertz CT molecular complexity index is 500. The summed E-state index contributed by atoms with van der Waals surface area (Å²) in [5.74, 6) is 0. The molecule has 0 spiro atoms.